The monoisotopic (exact) mass is 347 g/mol. The van der Waals surface area contributed by atoms with Gasteiger partial charge in [0.05, 0.1) is 13.2 Å². The number of hydrogen-bond donors (Lipinski definition) is 1. The van der Waals surface area contributed by atoms with Crippen LogP contribution in [0.5, 0.6) is 5.88 Å². The van der Waals surface area contributed by atoms with Crippen LogP contribution in [0.2, 0.25) is 0 Å². The van der Waals surface area contributed by atoms with E-state index in [1.165, 1.54) is 17.7 Å². The molecule has 2 N–H and O–H groups in total. The number of carbonyl (C=O) groups is 2. The first kappa shape index (κ1) is 16.3. The predicted molar refractivity (Wildman–Crippen MR) is 88.0 cm³/mol. The molecule has 25 heavy (non-hydrogen) atoms. The minimum atomic E-state index is -1.24. The van der Waals surface area contributed by atoms with Gasteiger partial charge >= 0.3 is 0 Å². The van der Waals surface area contributed by atoms with Crippen molar-refractivity contribution in [3.05, 3.63) is 23.4 Å². The number of ether oxygens (including phenoxy) is 1. The van der Waals surface area contributed by atoms with E-state index in [1.54, 1.807) is 6.07 Å². The second kappa shape index (κ2) is 6.28. The number of carbonyl (C=O) groups excluding carboxylic acids is 2. The lowest BCUT2D eigenvalue weighted by molar-refractivity contribution is -0.121. The van der Waals surface area contributed by atoms with Crippen molar-refractivity contribution in [3.63, 3.8) is 0 Å². The Morgan fingerprint density at radius 2 is 2.04 bits per heavy atom. The van der Waals surface area contributed by atoms with Crippen LogP contribution in [-0.4, -0.2) is 47.1 Å². The first-order valence-electron chi connectivity index (χ1n) is 8.91. The Morgan fingerprint density at radius 1 is 1.28 bits per heavy atom. The van der Waals surface area contributed by atoms with Gasteiger partial charge in [0.15, 0.2) is 0 Å². The molecular weight excluding hydrogens is 325 g/mol. The number of primary amides is 1. The van der Waals surface area contributed by atoms with Crippen molar-refractivity contribution < 1.29 is 18.7 Å². The molecule has 2 aliphatic carbocycles. The Morgan fingerprint density at radius 3 is 2.68 bits per heavy atom. The van der Waals surface area contributed by atoms with Crippen molar-refractivity contribution in [3.8, 4) is 5.88 Å². The number of halogens is 1. The Balaban J connectivity index is 1.57. The van der Waals surface area contributed by atoms with Gasteiger partial charge in [-0.3, -0.25) is 9.59 Å². The van der Waals surface area contributed by atoms with Gasteiger partial charge in [0.2, 0.25) is 11.8 Å². The van der Waals surface area contributed by atoms with Crippen LogP contribution in [-0.2, 0) is 4.79 Å². The van der Waals surface area contributed by atoms with Crippen LogP contribution in [0, 0.1) is 5.92 Å². The summed E-state index contributed by atoms with van der Waals surface area (Å²) in [6.45, 7) is 0.487. The van der Waals surface area contributed by atoms with E-state index in [1.807, 2.05) is 6.07 Å². The van der Waals surface area contributed by atoms with Crippen molar-refractivity contribution in [2.75, 3.05) is 13.2 Å². The van der Waals surface area contributed by atoms with Gasteiger partial charge in [-0.1, -0.05) is 6.07 Å². The van der Waals surface area contributed by atoms with E-state index < -0.39 is 24.0 Å². The quantitative estimate of drug-likeness (QED) is 0.850. The van der Waals surface area contributed by atoms with Crippen molar-refractivity contribution >= 4 is 11.8 Å². The standard InChI is InChI=1S/C18H22FN3O3/c19-12-7-15(16(20)23)22(8-12)18(24)14-6-5-13(11-3-4-11)17(21-14)25-9-10-1-2-10/h5-6,10-12,15H,1-4,7-9H2,(H2,20,23)/t12-,15+/m1/s1. The molecule has 4 rings (SSSR count). The lowest BCUT2D eigenvalue weighted by atomic mass is 10.1. The van der Waals surface area contributed by atoms with Crippen LogP contribution in [0.4, 0.5) is 4.39 Å². The molecule has 0 aromatic carbocycles. The third-order valence-corrected chi connectivity index (χ3v) is 5.12. The number of pyridine rings is 1. The maximum absolute atomic E-state index is 13.7. The highest BCUT2D eigenvalue weighted by Crippen LogP contribution is 2.44. The molecule has 0 spiro atoms. The van der Waals surface area contributed by atoms with Crippen molar-refractivity contribution in [2.24, 2.45) is 11.7 Å². The fraction of sp³-hybridized carbons (Fsp3) is 0.611. The van der Waals surface area contributed by atoms with Crippen LogP contribution in [0.3, 0.4) is 0 Å². The largest absolute Gasteiger partial charge is 0.477 e. The molecule has 134 valence electrons. The maximum atomic E-state index is 13.7. The smallest absolute Gasteiger partial charge is 0.273 e. The van der Waals surface area contributed by atoms with Gasteiger partial charge in [-0.05, 0) is 43.6 Å². The molecule has 6 nitrogen and oxygen atoms in total. The van der Waals surface area contributed by atoms with E-state index in [0.29, 0.717) is 24.3 Å². The summed E-state index contributed by atoms with van der Waals surface area (Å²) in [5.74, 6) is 0.382. The molecule has 1 aromatic rings. The lowest BCUT2D eigenvalue weighted by Gasteiger charge is -2.22. The highest BCUT2D eigenvalue weighted by Gasteiger charge is 2.40. The first-order valence-corrected chi connectivity index (χ1v) is 8.91. The summed E-state index contributed by atoms with van der Waals surface area (Å²) in [6, 6.07) is 2.61. The number of hydrogen-bond acceptors (Lipinski definition) is 4. The van der Waals surface area contributed by atoms with Gasteiger partial charge in [0.1, 0.15) is 17.9 Å². The normalized spacial score (nSPS) is 25.9. The zero-order chi connectivity index (χ0) is 17.6. The Hall–Kier alpha value is -2.18. The number of aromatic nitrogens is 1. The molecule has 3 aliphatic rings. The van der Waals surface area contributed by atoms with Gasteiger partial charge in [0, 0.05) is 12.0 Å². The first-order chi connectivity index (χ1) is 12.0. The van der Waals surface area contributed by atoms with Gasteiger partial charge in [-0.25, -0.2) is 9.37 Å². The molecule has 3 fully saturated rings. The fourth-order valence-electron chi connectivity index (χ4n) is 3.30. The van der Waals surface area contributed by atoms with Crippen molar-refractivity contribution in [1.82, 2.24) is 9.88 Å². The number of amides is 2. The van der Waals surface area contributed by atoms with Gasteiger partial charge in [-0.15, -0.1) is 0 Å². The van der Waals surface area contributed by atoms with Crippen LogP contribution in [0.1, 0.15) is 54.1 Å². The summed E-state index contributed by atoms with van der Waals surface area (Å²) in [6.07, 6.45) is 3.26. The zero-order valence-electron chi connectivity index (χ0n) is 14.0. The zero-order valence-corrected chi connectivity index (χ0v) is 14.0. The number of likely N-dealkylation sites (tertiary alicyclic amines) is 1. The summed E-state index contributed by atoms with van der Waals surface area (Å²) in [4.78, 5) is 29.9. The molecule has 1 aromatic heterocycles. The summed E-state index contributed by atoms with van der Waals surface area (Å²) >= 11 is 0. The summed E-state index contributed by atoms with van der Waals surface area (Å²) in [7, 11) is 0. The summed E-state index contributed by atoms with van der Waals surface area (Å²) in [5.41, 5.74) is 6.52. The molecule has 2 heterocycles. The molecule has 2 saturated carbocycles. The Labute approximate surface area is 145 Å². The maximum Gasteiger partial charge on any atom is 0.273 e. The predicted octanol–water partition coefficient (Wildman–Crippen LogP) is 1.79. The van der Waals surface area contributed by atoms with E-state index in [9.17, 15) is 14.0 Å². The molecule has 1 aliphatic heterocycles. The minimum Gasteiger partial charge on any atom is -0.477 e. The average molecular weight is 347 g/mol. The van der Waals surface area contributed by atoms with Crippen molar-refractivity contribution in [2.45, 2.75) is 50.2 Å². The van der Waals surface area contributed by atoms with Gasteiger partial charge < -0.3 is 15.4 Å². The van der Waals surface area contributed by atoms with Crippen LogP contribution in [0.15, 0.2) is 12.1 Å². The van der Waals surface area contributed by atoms with Crippen LogP contribution >= 0.6 is 0 Å². The number of nitrogens with zero attached hydrogens (tertiary/aromatic N) is 2. The molecular formula is C18H22FN3O3. The Bertz CT molecular complexity index is 703. The Kier molecular flexibility index (Phi) is 4.09. The van der Waals surface area contributed by atoms with E-state index in [4.69, 9.17) is 10.5 Å². The third kappa shape index (κ3) is 3.45. The van der Waals surface area contributed by atoms with E-state index in [0.717, 1.165) is 18.4 Å². The highest BCUT2D eigenvalue weighted by molar-refractivity contribution is 5.96. The van der Waals surface area contributed by atoms with E-state index in [2.05, 4.69) is 4.98 Å². The molecule has 7 heteroatoms. The second-order valence-corrected chi connectivity index (χ2v) is 7.33. The van der Waals surface area contributed by atoms with Gasteiger partial charge in [0.25, 0.3) is 5.91 Å². The number of nitrogens with two attached hydrogens (primary N) is 1. The molecule has 0 bridgehead atoms. The van der Waals surface area contributed by atoms with Crippen LogP contribution in [0.25, 0.3) is 0 Å². The van der Waals surface area contributed by atoms with Gasteiger partial charge in [-0.2, -0.15) is 0 Å². The van der Waals surface area contributed by atoms with Crippen molar-refractivity contribution in [1.29, 1.82) is 0 Å². The minimum absolute atomic E-state index is 0.0493. The lowest BCUT2D eigenvalue weighted by Crippen LogP contribution is -2.44. The topological polar surface area (TPSA) is 85.5 Å². The third-order valence-electron chi connectivity index (χ3n) is 5.12. The molecule has 0 radical (unpaired) electrons. The second-order valence-electron chi connectivity index (χ2n) is 7.33. The SMILES string of the molecule is NC(=O)[C@@H]1C[C@@H](F)CN1C(=O)c1ccc(C2CC2)c(OCC2CC2)n1. The van der Waals surface area contributed by atoms with E-state index in [-0.39, 0.29) is 18.7 Å². The van der Waals surface area contributed by atoms with Crippen LogP contribution < -0.4 is 10.5 Å². The summed E-state index contributed by atoms with van der Waals surface area (Å²) in [5, 5.41) is 0. The molecule has 1 saturated heterocycles. The number of rotatable bonds is 6. The molecule has 2 atom stereocenters. The number of alkyl halides is 1. The molecule has 0 unspecified atom stereocenters. The molecule has 2 amide bonds. The van der Waals surface area contributed by atoms with E-state index >= 15 is 0 Å². The fourth-order valence-corrected chi connectivity index (χ4v) is 3.30. The highest BCUT2D eigenvalue weighted by atomic mass is 19.1. The summed E-state index contributed by atoms with van der Waals surface area (Å²) < 4.78 is 19.6. The average Bonchev–Trinajstić information content (AvgIpc) is 3.50.